The Morgan fingerprint density at radius 3 is 3.08 bits per heavy atom. The van der Waals surface area contributed by atoms with Crippen LogP contribution in [0, 0.1) is 5.82 Å². The summed E-state index contributed by atoms with van der Waals surface area (Å²) in [5.41, 5.74) is 1.78. The third-order valence-corrected chi connectivity index (χ3v) is 5.83. The normalized spacial score (nSPS) is 23.1. The number of benzene rings is 1. The highest BCUT2D eigenvalue weighted by molar-refractivity contribution is 8.16. The first kappa shape index (κ1) is 15.7. The molecule has 0 bridgehead atoms. The Morgan fingerprint density at radius 2 is 2.21 bits per heavy atom. The molecule has 6 heteroatoms. The maximum absolute atomic E-state index is 13.9. The number of halogens is 1. The molecule has 0 saturated carbocycles. The van der Waals surface area contributed by atoms with Crippen molar-refractivity contribution in [3.05, 3.63) is 46.8 Å². The van der Waals surface area contributed by atoms with E-state index in [0.717, 1.165) is 42.4 Å². The van der Waals surface area contributed by atoms with Crippen LogP contribution < -0.4 is 0 Å². The quantitative estimate of drug-likeness (QED) is 0.844. The van der Waals surface area contributed by atoms with Crippen LogP contribution in [0.5, 0.6) is 0 Å². The summed E-state index contributed by atoms with van der Waals surface area (Å²) in [5.74, 6) is 0.0718. The van der Waals surface area contributed by atoms with Crippen molar-refractivity contribution in [2.75, 3.05) is 26.2 Å². The van der Waals surface area contributed by atoms with Gasteiger partial charge < -0.3 is 9.80 Å². The molecule has 4 nitrogen and oxygen atoms in total. The number of aliphatic imine (C=N–C) groups is 1. The molecule has 0 spiro atoms. The molecule has 3 aliphatic heterocycles. The minimum atomic E-state index is -0.166. The molecule has 1 aromatic carbocycles. The highest BCUT2D eigenvalue weighted by Crippen LogP contribution is 2.33. The summed E-state index contributed by atoms with van der Waals surface area (Å²) in [4.78, 5) is 21.2. The Bertz CT molecular complexity index is 718. The van der Waals surface area contributed by atoms with Crippen LogP contribution in [0.3, 0.4) is 0 Å². The molecule has 3 heterocycles. The van der Waals surface area contributed by atoms with Crippen molar-refractivity contribution in [1.29, 1.82) is 0 Å². The van der Waals surface area contributed by atoms with Crippen molar-refractivity contribution in [2.24, 2.45) is 4.99 Å². The molecule has 4 rings (SSSR count). The number of amidine groups is 1. The van der Waals surface area contributed by atoms with Gasteiger partial charge in [0.15, 0.2) is 5.17 Å². The van der Waals surface area contributed by atoms with E-state index in [0.29, 0.717) is 19.5 Å². The number of thioether (sulfide) groups is 1. The Hall–Kier alpha value is -1.82. The summed E-state index contributed by atoms with van der Waals surface area (Å²) in [5, 5.41) is 3.07. The lowest BCUT2D eigenvalue weighted by Crippen LogP contribution is -2.34. The number of nitrogens with zero attached hydrogens (tertiary/aromatic N) is 3. The van der Waals surface area contributed by atoms with E-state index in [-0.39, 0.29) is 17.6 Å². The van der Waals surface area contributed by atoms with Crippen LogP contribution in [0.2, 0.25) is 0 Å². The molecule has 0 unspecified atom stereocenters. The summed E-state index contributed by atoms with van der Waals surface area (Å²) < 4.78 is 13.9. The van der Waals surface area contributed by atoms with Crippen molar-refractivity contribution >= 4 is 22.8 Å². The molecule has 0 radical (unpaired) electrons. The monoisotopic (exact) mass is 345 g/mol. The molecule has 1 saturated heterocycles. The lowest BCUT2D eigenvalue weighted by atomic mass is 9.98. The van der Waals surface area contributed by atoms with Crippen molar-refractivity contribution in [3.63, 3.8) is 0 Å². The largest absolute Gasteiger partial charge is 0.342 e. The van der Waals surface area contributed by atoms with Gasteiger partial charge in [0.25, 0.3) is 0 Å². The fourth-order valence-corrected chi connectivity index (χ4v) is 4.54. The molecule has 0 N–H and O–H groups in total. The highest BCUT2D eigenvalue weighted by atomic mass is 32.2. The fraction of sp³-hybridized carbons (Fsp3) is 0.444. The Labute approximate surface area is 145 Å². The number of hydrogen-bond donors (Lipinski definition) is 0. The van der Waals surface area contributed by atoms with Crippen LogP contribution >= 0.6 is 11.8 Å². The van der Waals surface area contributed by atoms with Crippen LogP contribution in [0.1, 0.15) is 30.7 Å². The van der Waals surface area contributed by atoms with Gasteiger partial charge in [-0.05, 0) is 29.9 Å². The predicted molar refractivity (Wildman–Crippen MR) is 94.3 cm³/mol. The molecule has 1 aromatic rings. The topological polar surface area (TPSA) is 35.9 Å². The number of carbonyl (C=O) groups excluding carboxylic acids is 1. The van der Waals surface area contributed by atoms with Crippen molar-refractivity contribution in [2.45, 2.75) is 25.2 Å². The minimum absolute atomic E-state index is 0.106. The van der Waals surface area contributed by atoms with E-state index in [4.69, 9.17) is 0 Å². The molecule has 0 aliphatic carbocycles. The van der Waals surface area contributed by atoms with Crippen molar-refractivity contribution in [3.8, 4) is 0 Å². The van der Waals surface area contributed by atoms with E-state index in [2.05, 4.69) is 9.89 Å². The van der Waals surface area contributed by atoms with E-state index in [1.54, 1.807) is 17.8 Å². The van der Waals surface area contributed by atoms with Gasteiger partial charge in [0, 0.05) is 37.8 Å². The zero-order chi connectivity index (χ0) is 16.5. The van der Waals surface area contributed by atoms with Gasteiger partial charge in [-0.3, -0.25) is 9.79 Å². The number of likely N-dealkylation sites (tertiary alicyclic amines) is 1. The first-order valence-electron chi connectivity index (χ1n) is 8.42. The first-order chi connectivity index (χ1) is 11.7. The minimum Gasteiger partial charge on any atom is -0.342 e. The van der Waals surface area contributed by atoms with Gasteiger partial charge in [-0.25, -0.2) is 4.39 Å². The van der Waals surface area contributed by atoms with Gasteiger partial charge in [0.1, 0.15) is 5.82 Å². The van der Waals surface area contributed by atoms with Gasteiger partial charge in [0.2, 0.25) is 5.91 Å². The van der Waals surface area contributed by atoms with Gasteiger partial charge in [-0.1, -0.05) is 30.0 Å². The summed E-state index contributed by atoms with van der Waals surface area (Å²) in [6.07, 6.45) is 2.28. The molecule has 1 atom stereocenters. The molecule has 1 amide bonds. The Balaban J connectivity index is 1.39. The first-order valence-corrected chi connectivity index (χ1v) is 9.30. The summed E-state index contributed by atoms with van der Waals surface area (Å²) in [7, 11) is 0. The standard InChI is InChI=1S/C18H20FN3OS/c19-16-5-2-1-4-15(16)13-6-9-21(11-13)17(23)10-14-12-24-18-20-7-3-8-22(14)18/h1-2,4-5,12-13H,3,6-11H2/t13-/m0/s1. The smallest absolute Gasteiger partial charge is 0.228 e. The molecule has 3 aliphatic rings. The Kier molecular flexibility index (Phi) is 4.31. The number of rotatable bonds is 3. The SMILES string of the molecule is O=C(CC1=CSC2=NCCCN12)N1CC[C@H](c2ccccc2F)C1. The molecule has 24 heavy (non-hydrogen) atoms. The predicted octanol–water partition coefficient (Wildman–Crippen LogP) is 3.18. The van der Waals surface area contributed by atoms with E-state index in [9.17, 15) is 9.18 Å². The van der Waals surface area contributed by atoms with E-state index < -0.39 is 0 Å². The van der Waals surface area contributed by atoms with Crippen LogP contribution in [0.15, 0.2) is 40.4 Å². The average molecular weight is 345 g/mol. The molecule has 1 fully saturated rings. The maximum atomic E-state index is 13.9. The molecule has 0 aromatic heterocycles. The van der Waals surface area contributed by atoms with Crippen molar-refractivity contribution < 1.29 is 9.18 Å². The lowest BCUT2D eigenvalue weighted by molar-refractivity contribution is -0.129. The zero-order valence-electron chi connectivity index (χ0n) is 13.4. The van der Waals surface area contributed by atoms with E-state index in [1.165, 1.54) is 6.07 Å². The number of fused-ring (bicyclic) bond motifs is 1. The van der Waals surface area contributed by atoms with Gasteiger partial charge in [0.05, 0.1) is 6.42 Å². The zero-order valence-corrected chi connectivity index (χ0v) is 14.3. The Morgan fingerprint density at radius 1 is 1.33 bits per heavy atom. The lowest BCUT2D eigenvalue weighted by Gasteiger charge is -2.26. The molecular formula is C18H20FN3OS. The highest BCUT2D eigenvalue weighted by Gasteiger charge is 2.32. The third-order valence-electron chi connectivity index (χ3n) is 4.88. The number of amides is 1. The summed E-state index contributed by atoms with van der Waals surface area (Å²) in [6.45, 7) is 3.15. The fourth-order valence-electron chi connectivity index (χ4n) is 3.59. The van der Waals surface area contributed by atoms with Crippen LogP contribution in [0.25, 0.3) is 0 Å². The van der Waals surface area contributed by atoms with Gasteiger partial charge in [-0.15, -0.1) is 0 Å². The average Bonchev–Trinajstić information content (AvgIpc) is 3.23. The van der Waals surface area contributed by atoms with Crippen LogP contribution in [-0.4, -0.2) is 47.1 Å². The number of carbonyl (C=O) groups is 1. The maximum Gasteiger partial charge on any atom is 0.228 e. The second-order valence-corrected chi connectivity index (χ2v) is 7.26. The van der Waals surface area contributed by atoms with E-state index >= 15 is 0 Å². The van der Waals surface area contributed by atoms with Gasteiger partial charge in [-0.2, -0.15) is 0 Å². The van der Waals surface area contributed by atoms with Crippen molar-refractivity contribution in [1.82, 2.24) is 9.80 Å². The van der Waals surface area contributed by atoms with Crippen LogP contribution in [0.4, 0.5) is 4.39 Å². The van der Waals surface area contributed by atoms with E-state index in [1.807, 2.05) is 22.4 Å². The summed E-state index contributed by atoms with van der Waals surface area (Å²) in [6, 6.07) is 6.90. The third kappa shape index (κ3) is 2.95. The van der Waals surface area contributed by atoms with Crippen LogP contribution in [-0.2, 0) is 4.79 Å². The van der Waals surface area contributed by atoms with Gasteiger partial charge >= 0.3 is 0 Å². The second-order valence-electron chi connectivity index (χ2n) is 6.42. The second kappa shape index (κ2) is 6.59. The molecule has 126 valence electrons. The summed E-state index contributed by atoms with van der Waals surface area (Å²) >= 11 is 1.61. The number of hydrogen-bond acceptors (Lipinski definition) is 4. The molecular weight excluding hydrogens is 325 g/mol.